The van der Waals surface area contributed by atoms with E-state index in [9.17, 15) is 9.18 Å². The number of nitrogens with two attached hydrogens (primary N) is 1. The first-order valence-corrected chi connectivity index (χ1v) is 8.04. The highest BCUT2D eigenvalue weighted by Crippen LogP contribution is 2.29. The second-order valence-corrected chi connectivity index (χ2v) is 6.23. The molecule has 1 atom stereocenters. The summed E-state index contributed by atoms with van der Waals surface area (Å²) in [6, 6.07) is 9.10. The van der Waals surface area contributed by atoms with Crippen LogP contribution in [0.4, 0.5) is 10.1 Å². The van der Waals surface area contributed by atoms with E-state index in [0.717, 1.165) is 5.56 Å². The number of rotatable bonds is 6. The van der Waals surface area contributed by atoms with Gasteiger partial charge < -0.3 is 20.7 Å². The minimum Gasteiger partial charge on any atom is -0.496 e. The molecule has 0 aliphatic carbocycles. The molecule has 0 radical (unpaired) electrons. The number of likely N-dealkylation sites (N-methyl/N-ethyl adjacent to an activating group) is 1. The molecule has 1 amide bonds. The molecule has 0 spiro atoms. The van der Waals surface area contributed by atoms with E-state index in [2.05, 4.69) is 5.32 Å². The number of ether oxygens (including phenoxy) is 1. The Hall–Kier alpha value is -1.73. The van der Waals surface area contributed by atoms with E-state index < -0.39 is 0 Å². The molecule has 0 bridgehead atoms. The quantitative estimate of drug-likeness (QED) is 0.670. The van der Waals surface area contributed by atoms with Crippen molar-refractivity contribution < 1.29 is 13.9 Å². The van der Waals surface area contributed by atoms with Gasteiger partial charge in [0.2, 0.25) is 0 Å². The van der Waals surface area contributed by atoms with E-state index >= 15 is 0 Å². The molecule has 2 aromatic rings. The number of benzene rings is 2. The van der Waals surface area contributed by atoms with Crippen LogP contribution in [0.1, 0.15) is 22.0 Å². The number of carbonyl (C=O) groups excluding carboxylic acids is 1. The van der Waals surface area contributed by atoms with Crippen molar-refractivity contribution in [1.29, 1.82) is 0 Å². The lowest BCUT2D eigenvalue weighted by atomic mass is 10.1. The van der Waals surface area contributed by atoms with Crippen LogP contribution in [-0.2, 0) is 0 Å². The van der Waals surface area contributed by atoms with Crippen LogP contribution in [0.15, 0.2) is 36.4 Å². The van der Waals surface area contributed by atoms with Crippen molar-refractivity contribution in [1.82, 2.24) is 10.2 Å². The van der Waals surface area contributed by atoms with Crippen molar-refractivity contribution in [2.45, 2.75) is 6.04 Å². The Morgan fingerprint density at radius 3 is 2.52 bits per heavy atom. The molecule has 0 aliphatic rings. The molecular formula is C18H23Cl3FN3O2. The maximum Gasteiger partial charge on any atom is 0.255 e. The summed E-state index contributed by atoms with van der Waals surface area (Å²) in [7, 11) is 5.18. The number of nitrogen functional groups attached to an aromatic ring is 1. The van der Waals surface area contributed by atoms with Crippen molar-refractivity contribution in [3.8, 4) is 5.75 Å². The summed E-state index contributed by atoms with van der Waals surface area (Å²) >= 11 is 6.00. The van der Waals surface area contributed by atoms with Gasteiger partial charge in [-0.1, -0.05) is 23.7 Å². The summed E-state index contributed by atoms with van der Waals surface area (Å²) in [5, 5.41) is 3.12. The van der Waals surface area contributed by atoms with Crippen LogP contribution in [0.25, 0.3) is 0 Å². The minimum atomic E-state index is -0.345. The smallest absolute Gasteiger partial charge is 0.255 e. The molecule has 0 aliphatic heterocycles. The number of halogens is 4. The molecule has 5 nitrogen and oxygen atoms in total. The average Bonchev–Trinajstić information content (AvgIpc) is 2.56. The standard InChI is InChI=1S/C18H21ClFN3O2.2ClH/c1-23(2)16(11-5-4-6-12(20)7-11)10-22-18(24)13-8-14(19)15(21)9-17(13)25-3;;/h4-9,16H,10,21H2,1-3H3,(H,22,24);2*1H. The fourth-order valence-corrected chi connectivity index (χ4v) is 2.68. The highest BCUT2D eigenvalue weighted by atomic mass is 35.5. The van der Waals surface area contributed by atoms with Gasteiger partial charge in [0.05, 0.1) is 29.4 Å². The van der Waals surface area contributed by atoms with Crippen molar-refractivity contribution in [2.24, 2.45) is 0 Å². The number of hydrogen-bond acceptors (Lipinski definition) is 4. The van der Waals surface area contributed by atoms with Crippen LogP contribution >= 0.6 is 36.4 Å². The van der Waals surface area contributed by atoms with Crippen LogP contribution in [-0.4, -0.2) is 38.6 Å². The normalized spacial score (nSPS) is 11.2. The minimum absolute atomic E-state index is 0. The molecule has 3 N–H and O–H groups in total. The summed E-state index contributed by atoms with van der Waals surface area (Å²) in [5.74, 6) is -0.323. The fraction of sp³-hybridized carbons (Fsp3) is 0.278. The molecule has 2 rings (SSSR count). The van der Waals surface area contributed by atoms with E-state index in [4.69, 9.17) is 22.1 Å². The summed E-state index contributed by atoms with van der Waals surface area (Å²) in [4.78, 5) is 14.4. The Labute approximate surface area is 175 Å². The summed E-state index contributed by atoms with van der Waals surface area (Å²) < 4.78 is 18.7. The van der Waals surface area contributed by atoms with Gasteiger partial charge in [0.25, 0.3) is 5.91 Å². The molecule has 0 aromatic heterocycles. The molecule has 0 saturated heterocycles. The third-order valence-corrected chi connectivity index (χ3v) is 4.20. The van der Waals surface area contributed by atoms with E-state index in [0.29, 0.717) is 23.5 Å². The number of nitrogens with one attached hydrogen (secondary N) is 1. The van der Waals surface area contributed by atoms with Gasteiger partial charge in [0, 0.05) is 12.6 Å². The Kier molecular flexibility index (Phi) is 10.5. The number of hydrogen-bond donors (Lipinski definition) is 2. The number of anilines is 1. The summed E-state index contributed by atoms with van der Waals surface area (Å²) in [5.41, 5.74) is 7.13. The van der Waals surface area contributed by atoms with Gasteiger partial charge in [-0.25, -0.2) is 4.39 Å². The molecule has 0 saturated carbocycles. The highest BCUT2D eigenvalue weighted by molar-refractivity contribution is 6.33. The zero-order chi connectivity index (χ0) is 18.6. The molecule has 2 aromatic carbocycles. The number of carbonyl (C=O) groups is 1. The lowest BCUT2D eigenvalue weighted by Crippen LogP contribution is -2.34. The molecule has 0 heterocycles. The van der Waals surface area contributed by atoms with Crippen molar-refractivity contribution in [3.05, 3.63) is 58.4 Å². The molecule has 150 valence electrons. The first kappa shape index (κ1) is 25.3. The van der Waals surface area contributed by atoms with Gasteiger partial charge in [-0.15, -0.1) is 24.8 Å². The SMILES string of the molecule is COc1cc(N)c(Cl)cc1C(=O)NCC(c1cccc(F)c1)N(C)C.Cl.Cl. The Bertz CT molecular complexity index is 776. The second-order valence-electron chi connectivity index (χ2n) is 5.82. The van der Waals surface area contributed by atoms with Crippen molar-refractivity contribution in [2.75, 3.05) is 33.5 Å². The van der Waals surface area contributed by atoms with E-state index in [1.165, 1.54) is 31.4 Å². The van der Waals surface area contributed by atoms with Crippen LogP contribution in [0.3, 0.4) is 0 Å². The predicted molar refractivity (Wildman–Crippen MR) is 112 cm³/mol. The highest BCUT2D eigenvalue weighted by Gasteiger charge is 2.19. The van der Waals surface area contributed by atoms with Crippen molar-refractivity contribution >= 4 is 48.0 Å². The maximum absolute atomic E-state index is 13.5. The molecule has 27 heavy (non-hydrogen) atoms. The molecule has 1 unspecified atom stereocenters. The zero-order valence-electron chi connectivity index (χ0n) is 15.2. The van der Waals surface area contributed by atoms with Gasteiger partial charge in [-0.2, -0.15) is 0 Å². The summed E-state index contributed by atoms with van der Waals surface area (Å²) in [6.45, 7) is 0.292. The number of nitrogens with zero attached hydrogens (tertiary/aromatic N) is 1. The Balaban J connectivity index is 0.00000338. The van der Waals surface area contributed by atoms with Gasteiger partial charge >= 0.3 is 0 Å². The Morgan fingerprint density at radius 1 is 1.30 bits per heavy atom. The number of methoxy groups -OCH3 is 1. The van der Waals surface area contributed by atoms with Crippen LogP contribution < -0.4 is 15.8 Å². The van der Waals surface area contributed by atoms with Gasteiger partial charge in [-0.3, -0.25) is 4.79 Å². The van der Waals surface area contributed by atoms with Gasteiger partial charge in [-0.05, 0) is 37.9 Å². The average molecular weight is 439 g/mol. The van der Waals surface area contributed by atoms with E-state index in [1.54, 1.807) is 6.07 Å². The number of amides is 1. The third kappa shape index (κ3) is 6.43. The fourth-order valence-electron chi connectivity index (χ4n) is 2.51. The van der Waals surface area contributed by atoms with Crippen molar-refractivity contribution in [3.63, 3.8) is 0 Å². The second kappa shape index (κ2) is 11.2. The predicted octanol–water partition coefficient (Wildman–Crippen LogP) is 3.95. The summed E-state index contributed by atoms with van der Waals surface area (Å²) in [6.07, 6.45) is 0. The zero-order valence-corrected chi connectivity index (χ0v) is 17.6. The topological polar surface area (TPSA) is 67.6 Å². The van der Waals surface area contributed by atoms with E-state index in [1.807, 2.05) is 25.1 Å². The lowest BCUT2D eigenvalue weighted by molar-refractivity contribution is 0.0939. The van der Waals surface area contributed by atoms with Gasteiger partial charge in [0.15, 0.2) is 0 Å². The monoisotopic (exact) mass is 437 g/mol. The van der Waals surface area contributed by atoms with Crippen LogP contribution in [0, 0.1) is 5.82 Å². The first-order chi connectivity index (χ1) is 11.8. The molecular weight excluding hydrogens is 416 g/mol. The molecule has 0 fully saturated rings. The van der Waals surface area contributed by atoms with Crippen LogP contribution in [0.2, 0.25) is 5.02 Å². The Morgan fingerprint density at radius 2 is 1.96 bits per heavy atom. The molecule has 9 heteroatoms. The van der Waals surface area contributed by atoms with Gasteiger partial charge in [0.1, 0.15) is 11.6 Å². The van der Waals surface area contributed by atoms with Crippen LogP contribution in [0.5, 0.6) is 5.75 Å². The third-order valence-electron chi connectivity index (χ3n) is 3.88. The maximum atomic E-state index is 13.5. The lowest BCUT2D eigenvalue weighted by Gasteiger charge is -2.25. The first-order valence-electron chi connectivity index (χ1n) is 7.66. The largest absolute Gasteiger partial charge is 0.496 e. The van der Waals surface area contributed by atoms with E-state index in [-0.39, 0.29) is 47.6 Å².